The monoisotopic (exact) mass is 504 g/mol. The van der Waals surface area contributed by atoms with Crippen LogP contribution >= 0.6 is 0 Å². The van der Waals surface area contributed by atoms with E-state index < -0.39 is 5.97 Å². The topological polar surface area (TPSA) is 68.4 Å². The van der Waals surface area contributed by atoms with E-state index in [2.05, 4.69) is 48.5 Å². The SMILES string of the molecule is CCCCCCCCCCC(OCC)C(OCCCC)(OCCCCCCCC)OC(C)(C)C.O. The number of hydrogen-bond donors (Lipinski definition) is 0. The Labute approximate surface area is 219 Å². The Morgan fingerprint density at radius 1 is 0.543 bits per heavy atom. The van der Waals surface area contributed by atoms with Crippen molar-refractivity contribution in [3.63, 3.8) is 0 Å². The summed E-state index contributed by atoms with van der Waals surface area (Å²) in [6.45, 7) is 16.9. The van der Waals surface area contributed by atoms with Crippen molar-refractivity contribution in [3.05, 3.63) is 0 Å². The fourth-order valence-corrected chi connectivity index (χ4v) is 4.26. The Balaban J connectivity index is 0. The summed E-state index contributed by atoms with van der Waals surface area (Å²) in [6.07, 6.45) is 20.6. The van der Waals surface area contributed by atoms with Gasteiger partial charge >= 0.3 is 5.97 Å². The maximum atomic E-state index is 6.58. The summed E-state index contributed by atoms with van der Waals surface area (Å²) in [6, 6.07) is 0. The van der Waals surface area contributed by atoms with Gasteiger partial charge in [0.15, 0.2) is 0 Å². The minimum absolute atomic E-state index is 0. The molecule has 0 saturated heterocycles. The fraction of sp³-hybridized carbons (Fsp3) is 1.00. The van der Waals surface area contributed by atoms with Crippen molar-refractivity contribution in [2.45, 2.75) is 175 Å². The molecule has 0 amide bonds. The van der Waals surface area contributed by atoms with Crippen molar-refractivity contribution in [2.24, 2.45) is 0 Å². The van der Waals surface area contributed by atoms with Crippen molar-refractivity contribution in [2.75, 3.05) is 19.8 Å². The van der Waals surface area contributed by atoms with Crippen LogP contribution in [-0.4, -0.2) is 43.0 Å². The molecule has 5 nitrogen and oxygen atoms in total. The molecule has 0 aliphatic heterocycles. The summed E-state index contributed by atoms with van der Waals surface area (Å²) in [5.74, 6) is -1.13. The lowest BCUT2D eigenvalue weighted by Gasteiger charge is -2.43. The van der Waals surface area contributed by atoms with Crippen LogP contribution in [0.2, 0.25) is 0 Å². The maximum absolute atomic E-state index is 6.58. The van der Waals surface area contributed by atoms with Crippen LogP contribution in [-0.2, 0) is 18.9 Å². The van der Waals surface area contributed by atoms with E-state index >= 15 is 0 Å². The van der Waals surface area contributed by atoms with Gasteiger partial charge in [0.2, 0.25) is 0 Å². The van der Waals surface area contributed by atoms with E-state index in [1.165, 1.54) is 77.0 Å². The molecule has 0 aliphatic rings. The van der Waals surface area contributed by atoms with Crippen molar-refractivity contribution in [1.82, 2.24) is 0 Å². The van der Waals surface area contributed by atoms with E-state index in [1.54, 1.807) is 0 Å². The van der Waals surface area contributed by atoms with Gasteiger partial charge in [-0.05, 0) is 47.0 Å². The van der Waals surface area contributed by atoms with E-state index in [1.807, 2.05) is 0 Å². The molecule has 0 rings (SSSR count). The summed E-state index contributed by atoms with van der Waals surface area (Å²) >= 11 is 0. The van der Waals surface area contributed by atoms with Crippen LogP contribution < -0.4 is 0 Å². The van der Waals surface area contributed by atoms with Crippen LogP contribution in [0.25, 0.3) is 0 Å². The molecule has 214 valence electrons. The molecule has 0 radical (unpaired) electrons. The highest BCUT2D eigenvalue weighted by Gasteiger charge is 2.46. The van der Waals surface area contributed by atoms with Gasteiger partial charge in [-0.2, -0.15) is 0 Å². The third-order valence-corrected chi connectivity index (χ3v) is 6.13. The molecule has 35 heavy (non-hydrogen) atoms. The lowest BCUT2D eigenvalue weighted by molar-refractivity contribution is -0.439. The molecule has 0 heterocycles. The Morgan fingerprint density at radius 3 is 1.43 bits per heavy atom. The summed E-state index contributed by atoms with van der Waals surface area (Å²) in [5.41, 5.74) is -0.387. The van der Waals surface area contributed by atoms with Gasteiger partial charge < -0.3 is 24.4 Å². The van der Waals surface area contributed by atoms with E-state index in [9.17, 15) is 0 Å². The second-order valence-electron chi connectivity index (χ2n) is 10.8. The van der Waals surface area contributed by atoms with Crippen LogP contribution in [0.5, 0.6) is 0 Å². The van der Waals surface area contributed by atoms with Gasteiger partial charge in [0.1, 0.15) is 6.10 Å². The average molecular weight is 505 g/mol. The summed E-state index contributed by atoms with van der Waals surface area (Å²) < 4.78 is 25.8. The Kier molecular flexibility index (Phi) is 25.5. The molecule has 0 spiro atoms. The highest BCUT2D eigenvalue weighted by molar-refractivity contribution is 4.77. The van der Waals surface area contributed by atoms with Gasteiger partial charge in [-0.3, -0.25) is 0 Å². The molecule has 0 aromatic carbocycles. The molecular formula is C30H64O5. The normalized spacial score (nSPS) is 14.5. The zero-order valence-electron chi connectivity index (χ0n) is 24.9. The van der Waals surface area contributed by atoms with Crippen LogP contribution in [0, 0.1) is 0 Å². The van der Waals surface area contributed by atoms with Gasteiger partial charge in [-0.1, -0.05) is 111 Å². The van der Waals surface area contributed by atoms with Gasteiger partial charge in [0.05, 0.1) is 18.8 Å². The zero-order chi connectivity index (χ0) is 25.5. The molecular weight excluding hydrogens is 440 g/mol. The molecule has 0 aliphatic carbocycles. The molecule has 0 aromatic heterocycles. The largest absolute Gasteiger partial charge is 0.412 e. The number of ether oxygens (including phenoxy) is 4. The summed E-state index contributed by atoms with van der Waals surface area (Å²) in [4.78, 5) is 0. The molecule has 0 saturated carbocycles. The molecule has 2 unspecified atom stereocenters. The van der Waals surface area contributed by atoms with E-state index in [4.69, 9.17) is 18.9 Å². The standard InChI is InChI=1S/C30H62O4.H2O/c1-8-12-15-17-19-20-21-23-25-28(31-11-4)30(32-26-14-10-3,34-29(5,6)7)33-27-24-22-18-16-13-9-2;/h28H,8-27H2,1-7H3;1H2. The molecule has 0 fully saturated rings. The fourth-order valence-electron chi connectivity index (χ4n) is 4.26. The molecule has 0 bridgehead atoms. The van der Waals surface area contributed by atoms with E-state index in [0.717, 1.165) is 32.1 Å². The number of unbranched alkanes of at least 4 members (excludes halogenated alkanes) is 13. The molecule has 5 heteroatoms. The van der Waals surface area contributed by atoms with Gasteiger partial charge in [0, 0.05) is 6.61 Å². The second kappa shape index (κ2) is 24.2. The Morgan fingerprint density at radius 2 is 0.971 bits per heavy atom. The quantitative estimate of drug-likeness (QED) is 0.0920. The predicted octanol–water partition coefficient (Wildman–Crippen LogP) is 8.76. The average Bonchev–Trinajstić information content (AvgIpc) is 2.78. The zero-order valence-corrected chi connectivity index (χ0v) is 24.9. The molecule has 2 N–H and O–H groups in total. The lowest BCUT2D eigenvalue weighted by Crippen LogP contribution is -2.55. The van der Waals surface area contributed by atoms with Crippen LogP contribution in [0.4, 0.5) is 0 Å². The number of hydrogen-bond acceptors (Lipinski definition) is 4. The van der Waals surface area contributed by atoms with Crippen LogP contribution in [0.3, 0.4) is 0 Å². The highest BCUT2D eigenvalue weighted by atomic mass is 16.9. The first-order valence-electron chi connectivity index (χ1n) is 14.9. The first-order chi connectivity index (χ1) is 16.3. The highest BCUT2D eigenvalue weighted by Crippen LogP contribution is 2.32. The molecule has 2 atom stereocenters. The Bertz CT molecular complexity index is 423. The first kappa shape index (κ1) is 37.0. The van der Waals surface area contributed by atoms with Crippen molar-refractivity contribution in [3.8, 4) is 0 Å². The minimum atomic E-state index is -1.13. The summed E-state index contributed by atoms with van der Waals surface area (Å²) in [7, 11) is 0. The smallest absolute Gasteiger partial charge is 0.311 e. The first-order valence-corrected chi connectivity index (χ1v) is 14.9. The second-order valence-corrected chi connectivity index (χ2v) is 10.8. The Hall–Kier alpha value is -0.200. The third kappa shape index (κ3) is 20.5. The van der Waals surface area contributed by atoms with Crippen molar-refractivity contribution < 1.29 is 24.4 Å². The van der Waals surface area contributed by atoms with Crippen LogP contribution in [0.1, 0.15) is 158 Å². The van der Waals surface area contributed by atoms with E-state index in [0.29, 0.717) is 19.8 Å². The van der Waals surface area contributed by atoms with Crippen molar-refractivity contribution >= 4 is 0 Å². The van der Waals surface area contributed by atoms with Crippen molar-refractivity contribution in [1.29, 1.82) is 0 Å². The summed E-state index contributed by atoms with van der Waals surface area (Å²) in [5, 5.41) is 0. The van der Waals surface area contributed by atoms with Gasteiger partial charge in [-0.15, -0.1) is 0 Å². The molecule has 0 aromatic rings. The van der Waals surface area contributed by atoms with Gasteiger partial charge in [0.25, 0.3) is 0 Å². The third-order valence-electron chi connectivity index (χ3n) is 6.13. The maximum Gasteiger partial charge on any atom is 0.311 e. The van der Waals surface area contributed by atoms with Crippen LogP contribution in [0.15, 0.2) is 0 Å². The van der Waals surface area contributed by atoms with E-state index in [-0.39, 0.29) is 17.2 Å². The minimum Gasteiger partial charge on any atom is -0.412 e. The number of rotatable bonds is 25. The lowest BCUT2D eigenvalue weighted by atomic mass is 10.0. The predicted molar refractivity (Wildman–Crippen MR) is 150 cm³/mol. The van der Waals surface area contributed by atoms with Gasteiger partial charge in [-0.25, -0.2) is 0 Å².